The lowest BCUT2D eigenvalue weighted by Crippen LogP contribution is -2.41. The number of amides is 1. The third kappa shape index (κ3) is 7.57. The average molecular weight is 364 g/mol. The summed E-state index contributed by atoms with van der Waals surface area (Å²) in [6.45, 7) is 1.25. The van der Waals surface area contributed by atoms with Gasteiger partial charge in [-0.2, -0.15) is 0 Å². The summed E-state index contributed by atoms with van der Waals surface area (Å²) in [7, 11) is 0. The molecule has 4 nitrogen and oxygen atoms in total. The summed E-state index contributed by atoms with van der Waals surface area (Å²) in [6, 6.07) is 20.5. The van der Waals surface area contributed by atoms with Gasteiger partial charge < -0.3 is 5.32 Å². The summed E-state index contributed by atoms with van der Waals surface area (Å²) in [6.07, 6.45) is 5.48. The van der Waals surface area contributed by atoms with Crippen LogP contribution in [0, 0.1) is 5.41 Å². The molecule has 0 radical (unpaired) electrons. The van der Waals surface area contributed by atoms with E-state index in [4.69, 9.17) is 5.41 Å². The van der Waals surface area contributed by atoms with Crippen LogP contribution in [0.4, 0.5) is 0 Å². The molecule has 0 aliphatic rings. The molecule has 0 aliphatic heterocycles. The van der Waals surface area contributed by atoms with Crippen molar-refractivity contribution >= 4 is 17.4 Å². The van der Waals surface area contributed by atoms with E-state index in [1.807, 2.05) is 36.4 Å². The first-order chi connectivity index (χ1) is 13.1. The fraction of sp³-hybridized carbons (Fsp3) is 0.348. The highest BCUT2D eigenvalue weighted by molar-refractivity contribution is 6.64. The van der Waals surface area contributed by atoms with Gasteiger partial charge in [-0.3, -0.25) is 15.0 Å². The highest BCUT2D eigenvalue weighted by atomic mass is 16.2. The van der Waals surface area contributed by atoms with Crippen molar-refractivity contribution in [3.05, 3.63) is 71.8 Å². The van der Waals surface area contributed by atoms with E-state index in [2.05, 4.69) is 29.6 Å². The fourth-order valence-electron chi connectivity index (χ4n) is 3.10. The molecule has 1 amide bonds. The zero-order chi connectivity index (χ0) is 19.5. The smallest absolute Gasteiger partial charge is 0.273 e. The van der Waals surface area contributed by atoms with Gasteiger partial charge in [-0.15, -0.1) is 0 Å². The molecule has 0 spiro atoms. The van der Waals surface area contributed by atoms with Crippen molar-refractivity contribution in [1.82, 2.24) is 5.32 Å². The Bertz CT molecular complexity index is 696. The molecular formula is C23H28N2O2. The molecule has 0 fully saturated rings. The van der Waals surface area contributed by atoms with E-state index in [0.717, 1.165) is 38.5 Å². The fourth-order valence-corrected chi connectivity index (χ4v) is 3.10. The third-order valence-electron chi connectivity index (χ3n) is 4.64. The minimum Gasteiger partial charge on any atom is -0.348 e. The summed E-state index contributed by atoms with van der Waals surface area (Å²) in [5, 5.41) is 10.5. The minimum atomic E-state index is -0.563. The quantitative estimate of drug-likeness (QED) is 0.465. The van der Waals surface area contributed by atoms with Crippen LogP contribution in [0.25, 0.3) is 0 Å². The number of benzene rings is 2. The molecule has 27 heavy (non-hydrogen) atoms. The Labute approximate surface area is 161 Å². The maximum Gasteiger partial charge on any atom is 0.273 e. The van der Waals surface area contributed by atoms with Crippen molar-refractivity contribution < 1.29 is 9.59 Å². The predicted molar refractivity (Wildman–Crippen MR) is 109 cm³/mol. The van der Waals surface area contributed by atoms with Crippen LogP contribution in [0.1, 0.15) is 43.7 Å². The molecule has 2 N–H and O–H groups in total. The van der Waals surface area contributed by atoms with Crippen molar-refractivity contribution in [2.75, 3.05) is 0 Å². The van der Waals surface area contributed by atoms with E-state index in [-0.39, 0.29) is 6.04 Å². The number of rotatable bonds is 11. The molecule has 0 atom stereocenters. The van der Waals surface area contributed by atoms with Crippen LogP contribution >= 0.6 is 0 Å². The monoisotopic (exact) mass is 364 g/mol. The predicted octanol–water partition coefficient (Wildman–Crippen LogP) is 4.13. The Morgan fingerprint density at radius 3 is 1.70 bits per heavy atom. The first-order valence-electron chi connectivity index (χ1n) is 9.54. The summed E-state index contributed by atoms with van der Waals surface area (Å²) in [5.74, 6) is -1.06. The van der Waals surface area contributed by atoms with Crippen LogP contribution in [-0.4, -0.2) is 23.4 Å². The van der Waals surface area contributed by atoms with Crippen molar-refractivity contribution in [3.63, 3.8) is 0 Å². The van der Waals surface area contributed by atoms with Gasteiger partial charge in [-0.05, 0) is 49.7 Å². The molecule has 0 unspecified atom stereocenters. The van der Waals surface area contributed by atoms with E-state index >= 15 is 0 Å². The zero-order valence-electron chi connectivity index (χ0n) is 15.9. The number of ketones is 1. The summed E-state index contributed by atoms with van der Waals surface area (Å²) >= 11 is 0. The first-order valence-corrected chi connectivity index (χ1v) is 9.54. The standard InChI is InChI=1S/C23H28N2O2/c1-18(26)22(24)23(27)25-21(16-8-14-19-10-4-2-5-11-19)17-9-15-20-12-6-3-7-13-20/h2-7,10-13,21,24H,8-9,14-17H2,1H3,(H,25,27). The van der Waals surface area contributed by atoms with Gasteiger partial charge in [-0.25, -0.2) is 0 Å². The normalized spacial score (nSPS) is 10.6. The lowest BCUT2D eigenvalue weighted by atomic mass is 9.99. The van der Waals surface area contributed by atoms with Crippen LogP contribution in [0.3, 0.4) is 0 Å². The van der Waals surface area contributed by atoms with Crippen LogP contribution in [0.5, 0.6) is 0 Å². The van der Waals surface area contributed by atoms with Crippen molar-refractivity contribution in [2.24, 2.45) is 0 Å². The zero-order valence-corrected chi connectivity index (χ0v) is 15.9. The molecule has 142 valence electrons. The molecule has 0 saturated heterocycles. The van der Waals surface area contributed by atoms with E-state index in [9.17, 15) is 9.59 Å². The summed E-state index contributed by atoms with van der Waals surface area (Å²) in [4.78, 5) is 23.4. The number of carbonyl (C=O) groups is 2. The minimum absolute atomic E-state index is 0.0235. The Balaban J connectivity index is 1.87. The highest BCUT2D eigenvalue weighted by Crippen LogP contribution is 2.12. The largest absolute Gasteiger partial charge is 0.348 e. The SMILES string of the molecule is CC(=O)C(=N)C(=O)NC(CCCc1ccccc1)CCCc1ccccc1. The molecule has 0 bridgehead atoms. The van der Waals surface area contributed by atoms with Crippen LogP contribution in [0.15, 0.2) is 60.7 Å². The second-order valence-electron chi connectivity index (χ2n) is 6.86. The first kappa shape index (κ1) is 20.6. The topological polar surface area (TPSA) is 70.0 Å². The Morgan fingerprint density at radius 2 is 1.30 bits per heavy atom. The number of nitrogens with one attached hydrogen (secondary N) is 2. The van der Waals surface area contributed by atoms with Crippen molar-refractivity contribution in [2.45, 2.75) is 51.5 Å². The van der Waals surface area contributed by atoms with Crippen LogP contribution in [0.2, 0.25) is 0 Å². The molecular weight excluding hydrogens is 336 g/mol. The van der Waals surface area contributed by atoms with E-state index < -0.39 is 17.4 Å². The van der Waals surface area contributed by atoms with Gasteiger partial charge >= 0.3 is 0 Å². The maximum absolute atomic E-state index is 12.1. The van der Waals surface area contributed by atoms with Crippen molar-refractivity contribution in [3.8, 4) is 0 Å². The molecule has 0 heterocycles. The van der Waals surface area contributed by atoms with Crippen LogP contribution < -0.4 is 5.32 Å². The average Bonchev–Trinajstić information content (AvgIpc) is 2.68. The maximum atomic E-state index is 12.1. The second-order valence-corrected chi connectivity index (χ2v) is 6.86. The number of carbonyl (C=O) groups excluding carboxylic acids is 2. The number of hydrogen-bond acceptors (Lipinski definition) is 3. The molecule has 2 aromatic carbocycles. The molecule has 2 rings (SSSR count). The third-order valence-corrected chi connectivity index (χ3v) is 4.64. The van der Waals surface area contributed by atoms with Gasteiger partial charge in [0.15, 0.2) is 11.5 Å². The van der Waals surface area contributed by atoms with Gasteiger partial charge in [0.25, 0.3) is 5.91 Å². The lowest BCUT2D eigenvalue weighted by Gasteiger charge is -2.19. The van der Waals surface area contributed by atoms with Gasteiger partial charge in [0, 0.05) is 13.0 Å². The number of hydrogen-bond donors (Lipinski definition) is 2. The summed E-state index contributed by atoms with van der Waals surface area (Å²) in [5.41, 5.74) is 2.10. The Morgan fingerprint density at radius 1 is 0.852 bits per heavy atom. The van der Waals surface area contributed by atoms with Crippen molar-refractivity contribution in [1.29, 1.82) is 5.41 Å². The summed E-state index contributed by atoms with van der Waals surface area (Å²) < 4.78 is 0. The molecule has 0 aliphatic carbocycles. The van der Waals surface area contributed by atoms with E-state index in [1.54, 1.807) is 0 Å². The van der Waals surface area contributed by atoms with E-state index in [0.29, 0.717) is 0 Å². The van der Waals surface area contributed by atoms with Gasteiger partial charge in [0.1, 0.15) is 0 Å². The van der Waals surface area contributed by atoms with Crippen LogP contribution in [-0.2, 0) is 22.4 Å². The number of Topliss-reactive ketones (excluding diaryl/α,β-unsaturated/α-hetero) is 1. The van der Waals surface area contributed by atoms with Gasteiger partial charge in [-0.1, -0.05) is 60.7 Å². The van der Waals surface area contributed by atoms with E-state index in [1.165, 1.54) is 18.1 Å². The highest BCUT2D eigenvalue weighted by Gasteiger charge is 2.18. The number of aryl methyl sites for hydroxylation is 2. The van der Waals surface area contributed by atoms with Gasteiger partial charge in [0.05, 0.1) is 0 Å². The molecule has 2 aromatic rings. The molecule has 0 aromatic heterocycles. The second kappa shape index (κ2) is 11.1. The Kier molecular flexibility index (Phi) is 8.43. The Hall–Kier alpha value is -2.75. The molecule has 0 saturated carbocycles. The van der Waals surface area contributed by atoms with Gasteiger partial charge in [0.2, 0.25) is 0 Å². The lowest BCUT2D eigenvalue weighted by molar-refractivity contribution is -0.118. The molecule has 4 heteroatoms.